The van der Waals surface area contributed by atoms with Gasteiger partial charge in [-0.1, -0.05) is 30.2 Å². The summed E-state index contributed by atoms with van der Waals surface area (Å²) >= 11 is 6.18. The first-order valence-electron chi connectivity index (χ1n) is 11.3. The van der Waals surface area contributed by atoms with E-state index in [-0.39, 0.29) is 17.9 Å². The second-order valence-electron chi connectivity index (χ2n) is 9.02. The zero-order valence-corrected chi connectivity index (χ0v) is 19.4. The molecule has 2 aliphatic rings. The lowest BCUT2D eigenvalue weighted by molar-refractivity contribution is -0.120. The van der Waals surface area contributed by atoms with Gasteiger partial charge in [-0.25, -0.2) is 0 Å². The van der Waals surface area contributed by atoms with Crippen LogP contribution in [0.1, 0.15) is 42.5 Å². The third-order valence-electron chi connectivity index (χ3n) is 6.58. The standard InChI is InChI=1S/C25H31ClN4O2/c1-29(2)19-12-10-17(11-13-19)25(32)27-18-14-20-6-5-7-21(15-18)30(20)16-24(31)28-23-9-4-3-8-22(23)26/h3-4,8-13,18,20-21H,5-7,14-16H2,1-2H3,(H,27,32)(H,28,31). The molecular weight excluding hydrogens is 424 g/mol. The van der Waals surface area contributed by atoms with Crippen LogP contribution < -0.4 is 15.5 Å². The van der Waals surface area contributed by atoms with Crippen molar-refractivity contribution in [3.8, 4) is 0 Å². The Hall–Kier alpha value is -2.57. The summed E-state index contributed by atoms with van der Waals surface area (Å²) in [5.74, 6) is -0.0678. The van der Waals surface area contributed by atoms with E-state index in [4.69, 9.17) is 11.6 Å². The molecule has 32 heavy (non-hydrogen) atoms. The van der Waals surface area contributed by atoms with E-state index >= 15 is 0 Å². The van der Waals surface area contributed by atoms with Gasteiger partial charge in [-0.05, 0) is 62.1 Å². The Bertz CT molecular complexity index is 949. The van der Waals surface area contributed by atoms with Crippen LogP contribution in [0.2, 0.25) is 5.02 Å². The number of halogens is 1. The molecule has 4 rings (SSSR count). The van der Waals surface area contributed by atoms with Crippen molar-refractivity contribution in [2.45, 2.75) is 50.2 Å². The molecule has 0 aliphatic carbocycles. The minimum atomic E-state index is -0.0431. The fraction of sp³-hybridized carbons (Fsp3) is 0.440. The third-order valence-corrected chi connectivity index (χ3v) is 6.91. The first kappa shape index (κ1) is 22.6. The van der Waals surface area contributed by atoms with E-state index < -0.39 is 0 Å². The van der Waals surface area contributed by atoms with Gasteiger partial charge < -0.3 is 15.5 Å². The lowest BCUT2D eigenvalue weighted by Gasteiger charge is -2.48. The lowest BCUT2D eigenvalue weighted by atomic mass is 9.81. The van der Waals surface area contributed by atoms with Crippen molar-refractivity contribution in [3.05, 3.63) is 59.1 Å². The zero-order chi connectivity index (χ0) is 22.7. The molecule has 2 amide bonds. The van der Waals surface area contributed by atoms with Crippen molar-refractivity contribution in [2.24, 2.45) is 0 Å². The highest BCUT2D eigenvalue weighted by Crippen LogP contribution is 2.34. The van der Waals surface area contributed by atoms with Crippen molar-refractivity contribution in [1.29, 1.82) is 0 Å². The van der Waals surface area contributed by atoms with Crippen LogP contribution in [0.4, 0.5) is 11.4 Å². The molecule has 0 radical (unpaired) electrons. The molecule has 2 unspecified atom stereocenters. The Balaban J connectivity index is 1.35. The van der Waals surface area contributed by atoms with Crippen molar-refractivity contribution in [1.82, 2.24) is 10.2 Å². The van der Waals surface area contributed by atoms with E-state index in [2.05, 4.69) is 15.5 Å². The molecule has 0 aromatic heterocycles. The Kier molecular flexibility index (Phi) is 7.01. The summed E-state index contributed by atoms with van der Waals surface area (Å²) in [5, 5.41) is 6.72. The number of hydrogen-bond donors (Lipinski definition) is 2. The third kappa shape index (κ3) is 5.25. The zero-order valence-electron chi connectivity index (χ0n) is 18.7. The van der Waals surface area contributed by atoms with Gasteiger partial charge in [0.15, 0.2) is 0 Å². The fourth-order valence-electron chi connectivity index (χ4n) is 4.95. The largest absolute Gasteiger partial charge is 0.378 e. The maximum atomic E-state index is 12.8. The normalized spacial score (nSPS) is 22.8. The molecule has 6 nitrogen and oxygen atoms in total. The molecule has 2 fully saturated rings. The smallest absolute Gasteiger partial charge is 0.251 e. The number of piperidine rings is 2. The molecule has 2 aliphatic heterocycles. The minimum absolute atomic E-state index is 0.0247. The van der Waals surface area contributed by atoms with E-state index in [9.17, 15) is 9.59 Å². The van der Waals surface area contributed by atoms with Gasteiger partial charge >= 0.3 is 0 Å². The number of para-hydroxylation sites is 1. The number of fused-ring (bicyclic) bond motifs is 2. The number of carbonyl (C=O) groups is 2. The van der Waals surface area contributed by atoms with Gasteiger partial charge in [-0.2, -0.15) is 0 Å². The molecule has 2 heterocycles. The Morgan fingerprint density at radius 2 is 1.69 bits per heavy atom. The van der Waals surface area contributed by atoms with Gasteiger partial charge in [0.2, 0.25) is 5.91 Å². The Morgan fingerprint density at radius 1 is 1.03 bits per heavy atom. The SMILES string of the molecule is CN(C)c1ccc(C(=O)NC2CC3CCCC(C2)N3CC(=O)Nc2ccccc2Cl)cc1. The average molecular weight is 455 g/mol. The highest BCUT2D eigenvalue weighted by Gasteiger charge is 2.39. The van der Waals surface area contributed by atoms with Crippen molar-refractivity contribution in [2.75, 3.05) is 30.9 Å². The summed E-state index contributed by atoms with van der Waals surface area (Å²) in [4.78, 5) is 29.8. The Labute approximate surface area is 194 Å². The molecule has 7 heteroatoms. The van der Waals surface area contributed by atoms with Gasteiger partial charge in [-0.15, -0.1) is 0 Å². The number of rotatable bonds is 6. The van der Waals surface area contributed by atoms with Gasteiger partial charge in [0.1, 0.15) is 0 Å². The number of nitrogens with zero attached hydrogens (tertiary/aromatic N) is 2. The quantitative estimate of drug-likeness (QED) is 0.687. The summed E-state index contributed by atoms with van der Waals surface area (Å²) in [5.41, 5.74) is 2.40. The molecule has 2 saturated heterocycles. The summed E-state index contributed by atoms with van der Waals surface area (Å²) in [6.07, 6.45) is 5.03. The number of nitrogens with one attached hydrogen (secondary N) is 2. The van der Waals surface area contributed by atoms with Crippen LogP contribution >= 0.6 is 11.6 Å². The van der Waals surface area contributed by atoms with Crippen LogP contribution in [0.15, 0.2) is 48.5 Å². The Morgan fingerprint density at radius 3 is 2.31 bits per heavy atom. The number of amides is 2. The van der Waals surface area contributed by atoms with Crippen LogP contribution in [0.5, 0.6) is 0 Å². The maximum Gasteiger partial charge on any atom is 0.251 e. The van der Waals surface area contributed by atoms with Gasteiger partial charge in [-0.3, -0.25) is 14.5 Å². The predicted octanol–water partition coefficient (Wildman–Crippen LogP) is 4.16. The van der Waals surface area contributed by atoms with Crippen LogP contribution in [0, 0.1) is 0 Å². The summed E-state index contributed by atoms with van der Waals surface area (Å²) < 4.78 is 0. The van der Waals surface area contributed by atoms with Crippen molar-refractivity contribution >= 4 is 34.8 Å². The van der Waals surface area contributed by atoms with Crippen molar-refractivity contribution in [3.63, 3.8) is 0 Å². The van der Waals surface area contributed by atoms with Gasteiger partial charge in [0.25, 0.3) is 5.91 Å². The second kappa shape index (κ2) is 9.92. The first-order chi connectivity index (χ1) is 15.4. The number of anilines is 2. The highest BCUT2D eigenvalue weighted by atomic mass is 35.5. The second-order valence-corrected chi connectivity index (χ2v) is 9.43. The van der Waals surface area contributed by atoms with Crippen LogP contribution in [-0.4, -0.2) is 55.5 Å². The van der Waals surface area contributed by atoms with E-state index in [0.717, 1.165) is 31.4 Å². The van der Waals surface area contributed by atoms with E-state index in [1.807, 2.05) is 61.5 Å². The topological polar surface area (TPSA) is 64.7 Å². The van der Waals surface area contributed by atoms with Crippen LogP contribution in [0.25, 0.3) is 0 Å². The number of benzene rings is 2. The molecule has 0 spiro atoms. The molecule has 170 valence electrons. The molecule has 2 bridgehead atoms. The van der Waals surface area contributed by atoms with Crippen molar-refractivity contribution < 1.29 is 9.59 Å². The van der Waals surface area contributed by atoms with E-state index in [1.54, 1.807) is 6.07 Å². The fourth-order valence-corrected chi connectivity index (χ4v) is 5.14. The molecule has 0 saturated carbocycles. The summed E-state index contributed by atoms with van der Waals surface area (Å²) in [6, 6.07) is 15.7. The monoisotopic (exact) mass is 454 g/mol. The summed E-state index contributed by atoms with van der Waals surface area (Å²) in [7, 11) is 3.96. The molecule has 2 aromatic rings. The molecule has 2 N–H and O–H groups in total. The lowest BCUT2D eigenvalue weighted by Crippen LogP contribution is -2.58. The van der Waals surface area contributed by atoms with E-state index in [1.165, 1.54) is 6.42 Å². The summed E-state index contributed by atoms with van der Waals surface area (Å²) in [6.45, 7) is 0.354. The minimum Gasteiger partial charge on any atom is -0.378 e. The average Bonchev–Trinajstić information content (AvgIpc) is 2.76. The van der Waals surface area contributed by atoms with E-state index in [0.29, 0.717) is 34.9 Å². The molecular formula is C25H31ClN4O2. The predicted molar refractivity (Wildman–Crippen MR) is 129 cm³/mol. The molecule has 2 aromatic carbocycles. The molecule has 2 atom stereocenters. The number of carbonyl (C=O) groups excluding carboxylic acids is 2. The highest BCUT2D eigenvalue weighted by molar-refractivity contribution is 6.33. The maximum absolute atomic E-state index is 12.8. The van der Waals surface area contributed by atoms with Gasteiger partial charge in [0.05, 0.1) is 17.3 Å². The van der Waals surface area contributed by atoms with Crippen LogP contribution in [0.3, 0.4) is 0 Å². The first-order valence-corrected chi connectivity index (χ1v) is 11.7. The van der Waals surface area contributed by atoms with Crippen LogP contribution in [-0.2, 0) is 4.79 Å². The number of hydrogen-bond acceptors (Lipinski definition) is 4. The van der Waals surface area contributed by atoms with Gasteiger partial charge in [0, 0.05) is 43.5 Å².